The number of aliphatic hydroxyl groups excluding tert-OH is 1. The van der Waals surface area contributed by atoms with Gasteiger partial charge in [-0.15, -0.1) is 0 Å². The largest absolute Gasteiger partial charge is 0.506 e. The van der Waals surface area contributed by atoms with Crippen LogP contribution in [0.5, 0.6) is 0 Å². The van der Waals surface area contributed by atoms with E-state index in [1.807, 2.05) is 91.0 Å². The number of allylic oxidation sites excluding steroid dienone is 11. The summed E-state index contributed by atoms with van der Waals surface area (Å²) in [5, 5.41) is 11.0. The maximum absolute atomic E-state index is 13.3. The second-order valence-corrected chi connectivity index (χ2v) is 12.4. The summed E-state index contributed by atoms with van der Waals surface area (Å²) in [7, 11) is 0. The van der Waals surface area contributed by atoms with Crippen LogP contribution in [0.15, 0.2) is 131 Å². The molecule has 204 valence electrons. The molecule has 4 heteroatoms. The zero-order valence-electron chi connectivity index (χ0n) is 24.0. The number of rotatable bonds is 4. The van der Waals surface area contributed by atoms with Crippen LogP contribution in [-0.2, 0) is 14.3 Å². The highest BCUT2D eigenvalue weighted by atomic mass is 16.5. The van der Waals surface area contributed by atoms with Gasteiger partial charge in [-0.05, 0) is 36.0 Å². The zero-order valence-corrected chi connectivity index (χ0v) is 24.0. The Labute approximate surface area is 237 Å². The van der Waals surface area contributed by atoms with Crippen molar-refractivity contribution >= 4 is 17.3 Å². The number of aliphatic hydroxyl groups is 1. The van der Waals surface area contributed by atoms with Gasteiger partial charge in [-0.3, -0.25) is 4.79 Å². The smallest absolute Gasteiger partial charge is 0.200 e. The zero-order chi connectivity index (χ0) is 28.7. The Kier molecular flexibility index (Phi) is 7.05. The minimum atomic E-state index is -0.235. The van der Waals surface area contributed by atoms with Crippen molar-refractivity contribution in [2.24, 2.45) is 16.7 Å². The highest BCUT2D eigenvalue weighted by Gasteiger charge is 2.34. The Morgan fingerprint density at radius 1 is 0.725 bits per heavy atom. The molecule has 5 rings (SSSR count). The van der Waals surface area contributed by atoms with Crippen LogP contribution >= 0.6 is 0 Å². The van der Waals surface area contributed by atoms with Gasteiger partial charge in [0.05, 0.1) is 11.1 Å². The number of hydrogen-bond acceptors (Lipinski definition) is 4. The normalized spacial score (nSPS) is 21.6. The van der Waals surface area contributed by atoms with Crippen LogP contribution in [0.1, 0.15) is 52.7 Å². The number of ketones is 1. The summed E-state index contributed by atoms with van der Waals surface area (Å²) in [6.07, 6.45) is 11.4. The fraction of sp³-hybridized carbons (Fsp3) is 0.250. The quantitative estimate of drug-likeness (QED) is 0.400. The van der Waals surface area contributed by atoms with E-state index in [0.29, 0.717) is 16.9 Å². The molecule has 1 unspecified atom stereocenters. The van der Waals surface area contributed by atoms with Crippen molar-refractivity contribution < 1.29 is 19.4 Å². The Morgan fingerprint density at radius 2 is 1.27 bits per heavy atom. The first-order chi connectivity index (χ1) is 18.9. The lowest BCUT2D eigenvalue weighted by Gasteiger charge is -2.30. The maximum Gasteiger partial charge on any atom is 0.200 e. The second kappa shape index (κ2) is 10.3. The van der Waals surface area contributed by atoms with Crippen molar-refractivity contribution in [1.29, 1.82) is 0 Å². The standard InChI is InChI=1S/C36H36O4/c1-35(2,3)31-21-23(19-29(39-31)25-13-9-7-10-14-25)17-27-33(37)28(34(27)38)18-24-20-30(26-15-11-8-12-16-26)40-32(22-24)36(4,5)6/h7-23,37H,1-6H3/b24-18+,27-17?. The van der Waals surface area contributed by atoms with Gasteiger partial charge < -0.3 is 14.6 Å². The minimum Gasteiger partial charge on any atom is -0.506 e. The summed E-state index contributed by atoms with van der Waals surface area (Å²) in [4.78, 5) is 13.3. The van der Waals surface area contributed by atoms with Crippen molar-refractivity contribution in [3.8, 4) is 0 Å². The minimum absolute atomic E-state index is 0.0104. The maximum atomic E-state index is 13.3. The lowest BCUT2D eigenvalue weighted by molar-refractivity contribution is -0.113. The van der Waals surface area contributed by atoms with Gasteiger partial charge in [0.25, 0.3) is 0 Å². The Morgan fingerprint density at radius 3 is 1.82 bits per heavy atom. The number of carbonyl (C=O) groups is 1. The van der Waals surface area contributed by atoms with E-state index in [0.717, 1.165) is 34.0 Å². The number of carbonyl (C=O) groups excluding carboxylic acids is 1. The number of benzene rings is 2. The van der Waals surface area contributed by atoms with Gasteiger partial charge in [0.1, 0.15) is 28.8 Å². The van der Waals surface area contributed by atoms with Gasteiger partial charge in [-0.2, -0.15) is 0 Å². The van der Waals surface area contributed by atoms with Gasteiger partial charge in [-0.25, -0.2) is 0 Å². The fourth-order valence-electron chi connectivity index (χ4n) is 4.65. The highest BCUT2D eigenvalue weighted by Crippen LogP contribution is 2.40. The van der Waals surface area contributed by atoms with E-state index in [-0.39, 0.29) is 28.3 Å². The van der Waals surface area contributed by atoms with Crippen molar-refractivity contribution in [3.05, 3.63) is 142 Å². The highest BCUT2D eigenvalue weighted by molar-refractivity contribution is 6.21. The summed E-state index contributed by atoms with van der Waals surface area (Å²) in [5.41, 5.74) is 2.89. The predicted octanol–water partition coefficient (Wildman–Crippen LogP) is 8.85. The van der Waals surface area contributed by atoms with Gasteiger partial charge >= 0.3 is 0 Å². The fourth-order valence-corrected chi connectivity index (χ4v) is 4.65. The van der Waals surface area contributed by atoms with Crippen LogP contribution in [-0.4, -0.2) is 10.9 Å². The van der Waals surface area contributed by atoms with Crippen molar-refractivity contribution in [3.63, 3.8) is 0 Å². The van der Waals surface area contributed by atoms with Crippen LogP contribution in [0.25, 0.3) is 11.5 Å². The molecule has 2 aromatic carbocycles. The average molecular weight is 533 g/mol. The average Bonchev–Trinajstić information content (AvgIpc) is 2.94. The molecule has 3 aliphatic rings. The third-order valence-electron chi connectivity index (χ3n) is 6.99. The molecule has 0 saturated carbocycles. The predicted molar refractivity (Wildman–Crippen MR) is 160 cm³/mol. The van der Waals surface area contributed by atoms with Gasteiger partial charge in [0.15, 0.2) is 5.78 Å². The van der Waals surface area contributed by atoms with Crippen LogP contribution < -0.4 is 0 Å². The Bertz CT molecular complexity index is 1540. The SMILES string of the molecule is CC(C)(C)C1=C/C(=C/C2=C(O)C(=CC3C=C(c4ccccc4)OC(C(C)(C)C)=C3)C2=O)C=C(c2ccccc2)O1. The van der Waals surface area contributed by atoms with Gasteiger partial charge in [0, 0.05) is 27.9 Å². The monoisotopic (exact) mass is 532 g/mol. The van der Waals surface area contributed by atoms with Crippen LogP contribution in [0.2, 0.25) is 0 Å². The molecule has 40 heavy (non-hydrogen) atoms. The summed E-state index contributed by atoms with van der Waals surface area (Å²) < 4.78 is 12.5. The molecule has 1 atom stereocenters. The molecule has 1 N–H and O–H groups in total. The topological polar surface area (TPSA) is 55.8 Å². The van der Waals surface area contributed by atoms with E-state index in [9.17, 15) is 9.90 Å². The Hall–Kier alpha value is -4.31. The van der Waals surface area contributed by atoms with E-state index >= 15 is 0 Å². The molecule has 0 aromatic heterocycles. The molecule has 2 aromatic rings. The number of hydrogen-bond donors (Lipinski definition) is 1. The van der Waals surface area contributed by atoms with E-state index in [1.165, 1.54) is 0 Å². The molecule has 0 amide bonds. The van der Waals surface area contributed by atoms with Crippen molar-refractivity contribution in [2.75, 3.05) is 0 Å². The van der Waals surface area contributed by atoms with Crippen LogP contribution in [0.3, 0.4) is 0 Å². The molecule has 1 aliphatic carbocycles. The van der Waals surface area contributed by atoms with E-state index < -0.39 is 0 Å². The molecule has 0 fully saturated rings. The summed E-state index contributed by atoms with van der Waals surface area (Å²) in [6, 6.07) is 19.8. The van der Waals surface area contributed by atoms with E-state index in [2.05, 4.69) is 41.5 Å². The first-order valence-corrected chi connectivity index (χ1v) is 13.7. The lowest BCUT2D eigenvalue weighted by Crippen LogP contribution is -2.23. The third-order valence-corrected chi connectivity index (χ3v) is 6.99. The summed E-state index contributed by atoms with van der Waals surface area (Å²) in [5.74, 6) is 2.71. The van der Waals surface area contributed by atoms with Gasteiger partial charge in [0.2, 0.25) is 0 Å². The lowest BCUT2D eigenvalue weighted by atomic mass is 9.82. The first-order valence-electron chi connectivity index (χ1n) is 13.7. The molecule has 0 bridgehead atoms. The molecule has 0 spiro atoms. The molecular weight excluding hydrogens is 496 g/mol. The molecule has 4 nitrogen and oxygen atoms in total. The van der Waals surface area contributed by atoms with Crippen LogP contribution in [0, 0.1) is 16.7 Å². The first kappa shape index (κ1) is 27.3. The second-order valence-electron chi connectivity index (χ2n) is 12.4. The van der Waals surface area contributed by atoms with Crippen molar-refractivity contribution in [1.82, 2.24) is 0 Å². The molecule has 2 aliphatic heterocycles. The molecular formula is C36H36O4. The third kappa shape index (κ3) is 5.67. The number of Topliss-reactive ketones (excluding diaryl/α,β-unsaturated/α-hetero) is 1. The molecule has 2 heterocycles. The van der Waals surface area contributed by atoms with Crippen LogP contribution in [0.4, 0.5) is 0 Å². The molecule has 0 saturated heterocycles. The summed E-state index contributed by atoms with van der Waals surface area (Å²) in [6.45, 7) is 12.5. The Balaban J connectivity index is 1.50. The molecule has 0 radical (unpaired) electrons. The summed E-state index contributed by atoms with van der Waals surface area (Å²) >= 11 is 0. The van der Waals surface area contributed by atoms with Gasteiger partial charge in [-0.1, -0.05) is 108 Å². The number of ether oxygens (including phenoxy) is 2. The van der Waals surface area contributed by atoms with E-state index in [4.69, 9.17) is 9.47 Å². The van der Waals surface area contributed by atoms with E-state index in [1.54, 1.807) is 6.08 Å². The van der Waals surface area contributed by atoms with Crippen molar-refractivity contribution in [2.45, 2.75) is 41.5 Å².